The number of carboxylic acids is 1. The van der Waals surface area contributed by atoms with Gasteiger partial charge in [-0.25, -0.2) is 4.79 Å². The van der Waals surface area contributed by atoms with Crippen LogP contribution < -0.4 is 0 Å². The van der Waals surface area contributed by atoms with Gasteiger partial charge in [0.15, 0.2) is 12.1 Å². The molecule has 0 aromatic carbocycles. The Bertz CT molecular complexity index is 1350. The standard InChI is InChI=1S/C55H91NO7/c1-6-8-10-12-14-16-18-20-22-24-25-26-27-28-30-32-34-36-38-40-42-44-46-54(58)63-51(49-61-48-47-52(55(59)60)56(3,4)5)50-62-53(57)45-43-41-39-37-35-33-31-29-23-21-19-17-15-13-11-9-7-2/h9,11,13,15,17,19,21,23-25,27-29,31,33,35,51-52H,6-8,10,12,14,16,18,20,22,26,30,32,34,36-50H2,1-5H3/p+1/b11-9+,15-13+,19-17+,23-21+,25-24+,28-27+,31-29+,35-33+. The zero-order valence-electron chi connectivity index (χ0n) is 40.7. The number of allylic oxidation sites excluding steroid dienone is 16. The number of unbranched alkanes of at least 4 members (excludes halogenated alkanes) is 18. The summed E-state index contributed by atoms with van der Waals surface area (Å²) in [6.07, 6.45) is 60.3. The number of hydrogen-bond donors (Lipinski definition) is 1. The van der Waals surface area contributed by atoms with E-state index in [1.807, 2.05) is 81.9 Å². The third kappa shape index (κ3) is 43.3. The molecular formula is C55H92NO7+. The Morgan fingerprint density at radius 2 is 0.952 bits per heavy atom. The van der Waals surface area contributed by atoms with Gasteiger partial charge in [0.05, 0.1) is 34.4 Å². The minimum absolute atomic E-state index is 0.0370. The molecule has 0 aliphatic heterocycles. The third-order valence-electron chi connectivity index (χ3n) is 10.6. The molecule has 0 aromatic heterocycles. The van der Waals surface area contributed by atoms with Crippen LogP contribution in [0.25, 0.3) is 0 Å². The number of rotatable bonds is 43. The third-order valence-corrected chi connectivity index (χ3v) is 10.6. The number of aliphatic carboxylic acids is 1. The summed E-state index contributed by atoms with van der Waals surface area (Å²) in [5.41, 5.74) is 0. The number of hydrogen-bond acceptors (Lipinski definition) is 6. The number of nitrogens with zero attached hydrogens (tertiary/aromatic N) is 1. The summed E-state index contributed by atoms with van der Waals surface area (Å²) in [6.45, 7) is 4.53. The van der Waals surface area contributed by atoms with Gasteiger partial charge >= 0.3 is 17.9 Å². The molecule has 0 aliphatic carbocycles. The Hall–Kier alpha value is -3.75. The minimum atomic E-state index is -0.887. The molecular weight excluding hydrogens is 787 g/mol. The maximum absolute atomic E-state index is 12.8. The van der Waals surface area contributed by atoms with Gasteiger partial charge in [-0.2, -0.15) is 0 Å². The Kier molecular flexibility index (Phi) is 42.2. The highest BCUT2D eigenvalue weighted by Gasteiger charge is 2.31. The van der Waals surface area contributed by atoms with Gasteiger partial charge in [-0.3, -0.25) is 9.59 Å². The average molecular weight is 879 g/mol. The zero-order valence-corrected chi connectivity index (χ0v) is 40.7. The van der Waals surface area contributed by atoms with E-state index in [0.29, 0.717) is 19.3 Å². The Labute approximate surface area is 386 Å². The highest BCUT2D eigenvalue weighted by Crippen LogP contribution is 2.14. The van der Waals surface area contributed by atoms with Crippen molar-refractivity contribution < 1.29 is 38.2 Å². The topological polar surface area (TPSA) is 99.1 Å². The molecule has 8 heteroatoms. The van der Waals surface area contributed by atoms with Gasteiger partial charge in [0, 0.05) is 19.3 Å². The summed E-state index contributed by atoms with van der Waals surface area (Å²) in [7, 11) is 5.51. The highest BCUT2D eigenvalue weighted by atomic mass is 16.6. The first-order chi connectivity index (χ1) is 30.6. The van der Waals surface area contributed by atoms with Gasteiger partial charge in [-0.05, 0) is 64.2 Å². The molecule has 0 amide bonds. The molecule has 358 valence electrons. The van der Waals surface area contributed by atoms with E-state index in [2.05, 4.69) is 50.3 Å². The van der Waals surface area contributed by atoms with Crippen molar-refractivity contribution in [2.75, 3.05) is 41.0 Å². The fraction of sp³-hybridized carbons (Fsp3) is 0.655. The molecule has 0 rings (SSSR count). The summed E-state index contributed by atoms with van der Waals surface area (Å²) < 4.78 is 17.3. The average Bonchev–Trinajstić information content (AvgIpc) is 3.24. The van der Waals surface area contributed by atoms with Gasteiger partial charge in [0.2, 0.25) is 0 Å². The lowest BCUT2D eigenvalue weighted by Gasteiger charge is -2.31. The summed E-state index contributed by atoms with van der Waals surface area (Å²) in [5, 5.41) is 9.65. The van der Waals surface area contributed by atoms with Crippen LogP contribution in [0.5, 0.6) is 0 Å². The molecule has 0 saturated heterocycles. The predicted molar refractivity (Wildman–Crippen MR) is 266 cm³/mol. The number of carbonyl (C=O) groups excluding carboxylic acids is 2. The Balaban J connectivity index is 4.37. The predicted octanol–water partition coefficient (Wildman–Crippen LogP) is 14.2. The van der Waals surface area contributed by atoms with Crippen molar-refractivity contribution in [3.05, 3.63) is 97.2 Å². The first kappa shape index (κ1) is 59.2. The van der Waals surface area contributed by atoms with Crippen LogP contribution in [0.15, 0.2) is 97.2 Å². The van der Waals surface area contributed by atoms with Crippen LogP contribution in [0.2, 0.25) is 0 Å². The van der Waals surface area contributed by atoms with Crippen molar-refractivity contribution >= 4 is 17.9 Å². The van der Waals surface area contributed by atoms with Gasteiger partial charge < -0.3 is 23.8 Å². The number of carboxylic acid groups (broad SMARTS) is 1. The quantitative estimate of drug-likeness (QED) is 0.0214. The van der Waals surface area contributed by atoms with Crippen LogP contribution in [0.4, 0.5) is 0 Å². The normalized spacial score (nSPS) is 13.7. The van der Waals surface area contributed by atoms with Crippen LogP contribution in [-0.2, 0) is 28.6 Å². The molecule has 2 atom stereocenters. The van der Waals surface area contributed by atoms with Crippen LogP contribution in [-0.4, -0.2) is 80.6 Å². The van der Waals surface area contributed by atoms with Crippen molar-refractivity contribution in [3.8, 4) is 0 Å². The summed E-state index contributed by atoms with van der Waals surface area (Å²) in [6, 6.07) is -0.630. The highest BCUT2D eigenvalue weighted by molar-refractivity contribution is 5.72. The number of quaternary nitrogens is 1. The SMILES string of the molecule is CC/C=C/C=C/C=C/C=C/C=C/C=C/CCCCCC(=O)OCC(COCCC(C(=O)O)[N+](C)(C)C)OC(=O)CCCCCCCCC/C=C/C/C=C/CCCCCCCCCC. The largest absolute Gasteiger partial charge is 0.477 e. The Morgan fingerprint density at radius 1 is 0.508 bits per heavy atom. The molecule has 0 saturated carbocycles. The first-order valence-electron chi connectivity index (χ1n) is 24.9. The molecule has 8 nitrogen and oxygen atoms in total. The summed E-state index contributed by atoms with van der Waals surface area (Å²) >= 11 is 0. The van der Waals surface area contributed by atoms with E-state index in [1.165, 1.54) is 77.0 Å². The molecule has 0 radical (unpaired) electrons. The van der Waals surface area contributed by atoms with Crippen LogP contribution in [0.1, 0.15) is 181 Å². The fourth-order valence-corrected chi connectivity index (χ4v) is 6.80. The van der Waals surface area contributed by atoms with Gasteiger partial charge in [0.25, 0.3) is 0 Å². The smallest absolute Gasteiger partial charge is 0.362 e. The van der Waals surface area contributed by atoms with E-state index in [-0.39, 0.29) is 36.2 Å². The van der Waals surface area contributed by atoms with Crippen molar-refractivity contribution in [2.45, 2.75) is 193 Å². The molecule has 63 heavy (non-hydrogen) atoms. The summed E-state index contributed by atoms with van der Waals surface area (Å²) in [5.74, 6) is -1.54. The lowest BCUT2D eigenvalue weighted by Crippen LogP contribution is -2.50. The molecule has 0 heterocycles. The second-order valence-corrected chi connectivity index (χ2v) is 17.5. The van der Waals surface area contributed by atoms with E-state index in [0.717, 1.165) is 70.6 Å². The molecule has 0 aliphatic rings. The van der Waals surface area contributed by atoms with E-state index in [4.69, 9.17) is 14.2 Å². The molecule has 0 fully saturated rings. The minimum Gasteiger partial charge on any atom is -0.477 e. The zero-order chi connectivity index (χ0) is 46.3. The number of carbonyl (C=O) groups is 3. The lowest BCUT2D eigenvalue weighted by molar-refractivity contribution is -0.887. The van der Waals surface area contributed by atoms with Crippen molar-refractivity contribution in [3.63, 3.8) is 0 Å². The van der Waals surface area contributed by atoms with Gasteiger partial charge in [0.1, 0.15) is 6.61 Å². The maximum Gasteiger partial charge on any atom is 0.362 e. The number of likely N-dealkylation sites (N-methyl/N-ethyl adjacent to an activating group) is 1. The molecule has 2 unspecified atom stereocenters. The second-order valence-electron chi connectivity index (χ2n) is 17.5. The van der Waals surface area contributed by atoms with Crippen LogP contribution in [0, 0.1) is 0 Å². The van der Waals surface area contributed by atoms with E-state index in [9.17, 15) is 19.5 Å². The van der Waals surface area contributed by atoms with E-state index < -0.39 is 18.1 Å². The second kappa shape index (κ2) is 44.8. The van der Waals surface area contributed by atoms with Crippen molar-refractivity contribution in [1.82, 2.24) is 0 Å². The van der Waals surface area contributed by atoms with Crippen LogP contribution >= 0.6 is 0 Å². The van der Waals surface area contributed by atoms with Crippen molar-refractivity contribution in [2.24, 2.45) is 0 Å². The molecule has 0 spiro atoms. The summed E-state index contributed by atoms with van der Waals surface area (Å²) in [4.78, 5) is 37.1. The number of ether oxygens (including phenoxy) is 3. The fourth-order valence-electron chi connectivity index (χ4n) is 6.80. The maximum atomic E-state index is 12.8. The molecule has 1 N–H and O–H groups in total. The number of esters is 2. The lowest BCUT2D eigenvalue weighted by atomic mass is 10.1. The van der Waals surface area contributed by atoms with Gasteiger partial charge in [-0.15, -0.1) is 0 Å². The van der Waals surface area contributed by atoms with E-state index >= 15 is 0 Å². The molecule has 0 aromatic rings. The van der Waals surface area contributed by atoms with Crippen LogP contribution in [0.3, 0.4) is 0 Å². The van der Waals surface area contributed by atoms with Gasteiger partial charge in [-0.1, -0.05) is 195 Å². The van der Waals surface area contributed by atoms with E-state index in [1.54, 1.807) is 0 Å². The Morgan fingerprint density at radius 3 is 1.46 bits per heavy atom. The monoisotopic (exact) mass is 879 g/mol. The first-order valence-corrected chi connectivity index (χ1v) is 24.9. The molecule has 0 bridgehead atoms. The van der Waals surface area contributed by atoms with Crippen molar-refractivity contribution in [1.29, 1.82) is 0 Å².